The van der Waals surface area contributed by atoms with E-state index in [4.69, 9.17) is 4.74 Å². The third-order valence-corrected chi connectivity index (χ3v) is 3.02. The molecule has 0 aromatic carbocycles. The minimum atomic E-state index is 0.683. The van der Waals surface area contributed by atoms with Gasteiger partial charge in [0.1, 0.15) is 0 Å². The summed E-state index contributed by atoms with van der Waals surface area (Å²) in [5.74, 6) is 0.918. The first kappa shape index (κ1) is 11.0. The van der Waals surface area contributed by atoms with E-state index in [1.165, 1.54) is 25.7 Å². The molecule has 2 nitrogen and oxygen atoms in total. The highest BCUT2D eigenvalue weighted by atomic mass is 16.5. The molecule has 1 fully saturated rings. The summed E-state index contributed by atoms with van der Waals surface area (Å²) in [5, 5.41) is 3.53. The van der Waals surface area contributed by atoms with Gasteiger partial charge in [-0.3, -0.25) is 0 Å². The Labute approximate surface area is 82.0 Å². The Kier molecular flexibility index (Phi) is 5.40. The Hall–Kier alpha value is -0.0800. The number of hydrogen-bond acceptors (Lipinski definition) is 2. The van der Waals surface area contributed by atoms with Gasteiger partial charge in [0.05, 0.1) is 6.61 Å². The Morgan fingerprint density at radius 2 is 2.08 bits per heavy atom. The molecule has 0 unspecified atom stereocenters. The zero-order valence-electron chi connectivity index (χ0n) is 9.01. The molecular formula is C11H23NO. The van der Waals surface area contributed by atoms with Crippen LogP contribution in [0.3, 0.4) is 0 Å². The lowest BCUT2D eigenvalue weighted by atomic mass is 10.00. The van der Waals surface area contributed by atoms with Gasteiger partial charge in [0.15, 0.2) is 0 Å². The summed E-state index contributed by atoms with van der Waals surface area (Å²) in [4.78, 5) is 0. The van der Waals surface area contributed by atoms with Crippen molar-refractivity contribution in [2.24, 2.45) is 5.92 Å². The first-order chi connectivity index (χ1) is 6.34. The molecule has 0 radical (unpaired) electrons. The average molecular weight is 185 g/mol. The number of nitrogens with one attached hydrogen (secondary N) is 1. The molecule has 0 aromatic heterocycles. The molecule has 0 heterocycles. The highest BCUT2D eigenvalue weighted by molar-refractivity contribution is 4.76. The molecule has 2 heteroatoms. The third kappa shape index (κ3) is 4.10. The molecule has 1 saturated carbocycles. The van der Waals surface area contributed by atoms with Crippen LogP contribution in [-0.4, -0.2) is 25.8 Å². The standard InChI is InChI=1S/C11H23NO/c1-3-13-9-8-12-10(2)11-6-4-5-7-11/h10-12H,3-9H2,1-2H3/t10-/m0/s1. The van der Waals surface area contributed by atoms with Crippen molar-refractivity contribution in [3.05, 3.63) is 0 Å². The highest BCUT2D eigenvalue weighted by Crippen LogP contribution is 2.27. The SMILES string of the molecule is CCOCCN[C@@H](C)C1CCCC1. The largest absolute Gasteiger partial charge is 0.380 e. The van der Waals surface area contributed by atoms with Crippen LogP contribution < -0.4 is 5.32 Å². The fourth-order valence-corrected chi connectivity index (χ4v) is 2.13. The molecule has 78 valence electrons. The minimum Gasteiger partial charge on any atom is -0.380 e. The summed E-state index contributed by atoms with van der Waals surface area (Å²) in [6.45, 7) is 7.04. The zero-order chi connectivity index (χ0) is 9.52. The molecule has 1 N–H and O–H groups in total. The number of hydrogen-bond donors (Lipinski definition) is 1. The van der Waals surface area contributed by atoms with Crippen molar-refractivity contribution < 1.29 is 4.74 Å². The van der Waals surface area contributed by atoms with Crippen LogP contribution in [-0.2, 0) is 4.74 Å². The molecule has 1 aliphatic carbocycles. The molecule has 0 aromatic rings. The van der Waals surface area contributed by atoms with Crippen LogP contribution in [0.15, 0.2) is 0 Å². The molecule has 0 spiro atoms. The number of ether oxygens (including phenoxy) is 1. The van der Waals surface area contributed by atoms with Crippen molar-refractivity contribution in [3.63, 3.8) is 0 Å². The van der Waals surface area contributed by atoms with E-state index >= 15 is 0 Å². The van der Waals surface area contributed by atoms with Gasteiger partial charge in [0.2, 0.25) is 0 Å². The van der Waals surface area contributed by atoms with Gasteiger partial charge in [-0.15, -0.1) is 0 Å². The molecule has 1 aliphatic rings. The van der Waals surface area contributed by atoms with Crippen LogP contribution >= 0.6 is 0 Å². The Bertz CT molecular complexity index is 121. The molecule has 0 saturated heterocycles. The van der Waals surface area contributed by atoms with Crippen molar-refractivity contribution in [2.75, 3.05) is 19.8 Å². The lowest BCUT2D eigenvalue weighted by Crippen LogP contribution is -2.34. The molecule has 0 aliphatic heterocycles. The normalized spacial score (nSPS) is 20.8. The van der Waals surface area contributed by atoms with E-state index in [-0.39, 0.29) is 0 Å². The second-order valence-electron chi connectivity index (χ2n) is 3.98. The molecule has 1 atom stereocenters. The van der Waals surface area contributed by atoms with Gasteiger partial charge in [-0.2, -0.15) is 0 Å². The van der Waals surface area contributed by atoms with E-state index in [1.807, 2.05) is 6.92 Å². The third-order valence-electron chi connectivity index (χ3n) is 3.02. The summed E-state index contributed by atoms with van der Waals surface area (Å²) < 4.78 is 5.28. The topological polar surface area (TPSA) is 21.3 Å². The first-order valence-electron chi connectivity index (χ1n) is 5.65. The smallest absolute Gasteiger partial charge is 0.0590 e. The maximum Gasteiger partial charge on any atom is 0.0590 e. The van der Waals surface area contributed by atoms with Gasteiger partial charge in [-0.1, -0.05) is 12.8 Å². The Balaban J connectivity index is 1.99. The van der Waals surface area contributed by atoms with Crippen molar-refractivity contribution in [1.82, 2.24) is 5.32 Å². The zero-order valence-corrected chi connectivity index (χ0v) is 9.01. The van der Waals surface area contributed by atoms with Crippen LogP contribution in [0.2, 0.25) is 0 Å². The lowest BCUT2D eigenvalue weighted by molar-refractivity contribution is 0.145. The van der Waals surface area contributed by atoms with Crippen molar-refractivity contribution in [3.8, 4) is 0 Å². The minimum absolute atomic E-state index is 0.683. The maximum atomic E-state index is 5.28. The summed E-state index contributed by atoms with van der Waals surface area (Å²) in [6, 6.07) is 0.683. The summed E-state index contributed by atoms with van der Waals surface area (Å²) in [5.41, 5.74) is 0. The predicted octanol–water partition coefficient (Wildman–Crippen LogP) is 2.19. The van der Waals surface area contributed by atoms with Gasteiger partial charge in [-0.25, -0.2) is 0 Å². The molecule has 1 rings (SSSR count). The van der Waals surface area contributed by atoms with E-state index in [0.717, 1.165) is 25.7 Å². The molecule has 0 bridgehead atoms. The quantitative estimate of drug-likeness (QED) is 0.640. The average Bonchev–Trinajstić information content (AvgIpc) is 2.65. The van der Waals surface area contributed by atoms with E-state index in [1.54, 1.807) is 0 Å². The van der Waals surface area contributed by atoms with Gasteiger partial charge in [0.25, 0.3) is 0 Å². The van der Waals surface area contributed by atoms with E-state index in [0.29, 0.717) is 6.04 Å². The summed E-state index contributed by atoms with van der Waals surface area (Å²) in [7, 11) is 0. The van der Waals surface area contributed by atoms with Crippen LogP contribution in [0, 0.1) is 5.92 Å². The van der Waals surface area contributed by atoms with Gasteiger partial charge in [-0.05, 0) is 32.6 Å². The lowest BCUT2D eigenvalue weighted by Gasteiger charge is -2.20. The van der Waals surface area contributed by atoms with Gasteiger partial charge in [0, 0.05) is 19.2 Å². The second-order valence-corrected chi connectivity index (χ2v) is 3.98. The predicted molar refractivity (Wildman–Crippen MR) is 55.9 cm³/mol. The van der Waals surface area contributed by atoms with Gasteiger partial charge < -0.3 is 10.1 Å². The monoisotopic (exact) mass is 185 g/mol. The highest BCUT2D eigenvalue weighted by Gasteiger charge is 2.20. The number of rotatable bonds is 6. The van der Waals surface area contributed by atoms with E-state index in [9.17, 15) is 0 Å². The van der Waals surface area contributed by atoms with E-state index < -0.39 is 0 Å². The van der Waals surface area contributed by atoms with Crippen LogP contribution in [0.5, 0.6) is 0 Å². The Morgan fingerprint density at radius 3 is 2.69 bits per heavy atom. The maximum absolute atomic E-state index is 5.28. The second kappa shape index (κ2) is 6.39. The fraction of sp³-hybridized carbons (Fsp3) is 1.00. The van der Waals surface area contributed by atoms with Crippen molar-refractivity contribution >= 4 is 0 Å². The Morgan fingerprint density at radius 1 is 1.38 bits per heavy atom. The van der Waals surface area contributed by atoms with Crippen LogP contribution in [0.1, 0.15) is 39.5 Å². The summed E-state index contributed by atoms with van der Waals surface area (Å²) >= 11 is 0. The molecule has 13 heavy (non-hydrogen) atoms. The van der Waals surface area contributed by atoms with Crippen LogP contribution in [0.4, 0.5) is 0 Å². The molecular weight excluding hydrogens is 162 g/mol. The van der Waals surface area contributed by atoms with E-state index in [2.05, 4.69) is 12.2 Å². The van der Waals surface area contributed by atoms with Crippen molar-refractivity contribution in [2.45, 2.75) is 45.6 Å². The molecule has 0 amide bonds. The van der Waals surface area contributed by atoms with Gasteiger partial charge >= 0.3 is 0 Å². The van der Waals surface area contributed by atoms with Crippen molar-refractivity contribution in [1.29, 1.82) is 0 Å². The summed E-state index contributed by atoms with van der Waals surface area (Å²) in [6.07, 6.45) is 5.70. The first-order valence-corrected chi connectivity index (χ1v) is 5.65. The van der Waals surface area contributed by atoms with Crippen LogP contribution in [0.25, 0.3) is 0 Å². The fourth-order valence-electron chi connectivity index (χ4n) is 2.13.